The maximum atomic E-state index is 12.3. The van der Waals surface area contributed by atoms with Crippen LogP contribution in [-0.4, -0.2) is 25.6 Å². The third-order valence-electron chi connectivity index (χ3n) is 3.28. The van der Waals surface area contributed by atoms with Gasteiger partial charge in [0.05, 0.1) is 20.1 Å². The molecule has 0 saturated heterocycles. The number of nitrogens with one attached hydrogen (secondary N) is 1. The molecule has 1 N–H and O–H groups in total. The lowest BCUT2D eigenvalue weighted by molar-refractivity contribution is 0.102. The predicted molar refractivity (Wildman–Crippen MR) is 91.9 cm³/mol. The summed E-state index contributed by atoms with van der Waals surface area (Å²) in [6.07, 6.45) is 1.11. The van der Waals surface area contributed by atoms with Crippen LogP contribution in [0.4, 0.5) is 5.69 Å². The van der Waals surface area contributed by atoms with Crippen molar-refractivity contribution in [2.24, 2.45) is 0 Å². The molecule has 1 heterocycles. The summed E-state index contributed by atoms with van der Waals surface area (Å²) in [7, 11) is -3.35. The fourth-order valence-corrected chi connectivity index (χ4v) is 3.67. The molecule has 0 spiro atoms. The number of benzene rings is 2. The van der Waals surface area contributed by atoms with Crippen molar-refractivity contribution in [3.8, 4) is 0 Å². The van der Waals surface area contributed by atoms with E-state index in [1.54, 1.807) is 35.6 Å². The molecule has 5 nitrogen and oxygen atoms in total. The van der Waals surface area contributed by atoms with Crippen molar-refractivity contribution in [3.05, 3.63) is 53.0 Å². The van der Waals surface area contributed by atoms with E-state index in [0.717, 1.165) is 21.5 Å². The van der Waals surface area contributed by atoms with Crippen LogP contribution in [0, 0.1) is 6.92 Å². The molecule has 0 bridgehead atoms. The Morgan fingerprint density at radius 1 is 1.17 bits per heavy atom. The van der Waals surface area contributed by atoms with E-state index in [0.29, 0.717) is 11.3 Å². The van der Waals surface area contributed by atoms with Gasteiger partial charge >= 0.3 is 0 Å². The Balaban J connectivity index is 1.88. The Morgan fingerprint density at radius 3 is 2.70 bits per heavy atom. The van der Waals surface area contributed by atoms with Gasteiger partial charge in [-0.3, -0.25) is 4.79 Å². The van der Waals surface area contributed by atoms with Gasteiger partial charge in [0.25, 0.3) is 5.91 Å². The highest BCUT2D eigenvalue weighted by Crippen LogP contribution is 2.24. The first kappa shape index (κ1) is 15.6. The van der Waals surface area contributed by atoms with Crippen molar-refractivity contribution in [2.45, 2.75) is 11.8 Å². The Hall–Kier alpha value is -2.25. The molecule has 0 fully saturated rings. The number of nitrogens with zero attached hydrogens (tertiary/aromatic N) is 1. The predicted octanol–water partition coefficient (Wildman–Crippen LogP) is 3.26. The van der Waals surface area contributed by atoms with E-state index in [4.69, 9.17) is 0 Å². The highest BCUT2D eigenvalue weighted by atomic mass is 32.2. The fraction of sp³-hybridized carbons (Fsp3) is 0.125. The molecule has 7 heteroatoms. The Labute approximate surface area is 137 Å². The van der Waals surface area contributed by atoms with Crippen LogP contribution in [0.5, 0.6) is 0 Å². The lowest BCUT2D eigenvalue weighted by Gasteiger charge is -2.06. The number of carbonyl (C=O) groups excluding carboxylic acids is 1. The van der Waals surface area contributed by atoms with Gasteiger partial charge in [-0.1, -0.05) is 6.07 Å². The number of amides is 1. The zero-order chi connectivity index (χ0) is 16.6. The van der Waals surface area contributed by atoms with E-state index in [1.807, 2.05) is 13.0 Å². The molecule has 0 unspecified atom stereocenters. The number of aromatic nitrogens is 1. The van der Waals surface area contributed by atoms with Crippen molar-refractivity contribution < 1.29 is 13.2 Å². The maximum absolute atomic E-state index is 12.3. The largest absolute Gasteiger partial charge is 0.322 e. The average Bonchev–Trinajstić information content (AvgIpc) is 2.86. The van der Waals surface area contributed by atoms with Gasteiger partial charge in [-0.2, -0.15) is 0 Å². The third-order valence-corrected chi connectivity index (χ3v) is 5.34. The second-order valence-corrected chi connectivity index (χ2v) is 8.42. The summed E-state index contributed by atoms with van der Waals surface area (Å²) in [5.74, 6) is -0.359. The van der Waals surface area contributed by atoms with Gasteiger partial charge in [0.2, 0.25) is 0 Å². The number of rotatable bonds is 3. The fourth-order valence-electron chi connectivity index (χ4n) is 2.19. The summed E-state index contributed by atoms with van der Waals surface area (Å²) >= 11 is 1.59. The van der Waals surface area contributed by atoms with Crippen LogP contribution in [0.25, 0.3) is 10.2 Å². The van der Waals surface area contributed by atoms with E-state index in [9.17, 15) is 13.2 Å². The monoisotopic (exact) mass is 346 g/mol. The van der Waals surface area contributed by atoms with Crippen LogP contribution in [0.3, 0.4) is 0 Å². The van der Waals surface area contributed by atoms with Crippen molar-refractivity contribution >= 4 is 43.0 Å². The number of sulfone groups is 1. The smallest absolute Gasteiger partial charge is 0.255 e. The normalized spacial score (nSPS) is 11.6. The van der Waals surface area contributed by atoms with Gasteiger partial charge < -0.3 is 5.32 Å². The first-order chi connectivity index (χ1) is 10.8. The Morgan fingerprint density at radius 2 is 1.96 bits per heavy atom. The molecule has 118 valence electrons. The van der Waals surface area contributed by atoms with Gasteiger partial charge in [0.1, 0.15) is 0 Å². The topological polar surface area (TPSA) is 76.1 Å². The van der Waals surface area contributed by atoms with Crippen LogP contribution >= 0.6 is 11.3 Å². The van der Waals surface area contributed by atoms with Crippen molar-refractivity contribution in [1.29, 1.82) is 0 Å². The second kappa shape index (κ2) is 5.75. The summed E-state index contributed by atoms with van der Waals surface area (Å²) in [5.41, 5.74) is 1.75. The molecular weight excluding hydrogens is 332 g/mol. The van der Waals surface area contributed by atoms with Gasteiger partial charge in [0.15, 0.2) is 9.84 Å². The van der Waals surface area contributed by atoms with Crippen molar-refractivity contribution in [2.75, 3.05) is 11.6 Å². The summed E-state index contributed by atoms with van der Waals surface area (Å²) in [6.45, 7) is 1.93. The Bertz CT molecular complexity index is 1010. The van der Waals surface area contributed by atoms with Gasteiger partial charge in [0, 0.05) is 17.5 Å². The van der Waals surface area contributed by atoms with Gasteiger partial charge in [-0.15, -0.1) is 11.3 Å². The minimum atomic E-state index is -3.35. The maximum Gasteiger partial charge on any atom is 0.255 e. The number of thiazole rings is 1. The zero-order valence-electron chi connectivity index (χ0n) is 12.5. The van der Waals surface area contributed by atoms with E-state index in [2.05, 4.69) is 10.3 Å². The van der Waals surface area contributed by atoms with Crippen LogP contribution in [-0.2, 0) is 9.84 Å². The van der Waals surface area contributed by atoms with Crippen molar-refractivity contribution in [1.82, 2.24) is 4.98 Å². The number of aryl methyl sites for hydroxylation is 1. The highest BCUT2D eigenvalue weighted by Gasteiger charge is 2.12. The molecule has 0 atom stereocenters. The number of carbonyl (C=O) groups is 1. The molecule has 3 aromatic rings. The van der Waals surface area contributed by atoms with Crippen LogP contribution < -0.4 is 5.32 Å². The quantitative estimate of drug-likeness (QED) is 0.790. The first-order valence-corrected chi connectivity index (χ1v) is 9.52. The number of hydrogen-bond donors (Lipinski definition) is 1. The number of hydrogen-bond acceptors (Lipinski definition) is 5. The molecule has 0 aliphatic heterocycles. The minimum Gasteiger partial charge on any atom is -0.322 e. The summed E-state index contributed by atoms with van der Waals surface area (Å²) in [5, 5.41) is 3.73. The summed E-state index contributed by atoms with van der Waals surface area (Å²) in [4.78, 5) is 16.8. The van der Waals surface area contributed by atoms with E-state index >= 15 is 0 Å². The summed E-state index contributed by atoms with van der Waals surface area (Å²) in [6, 6.07) is 11.5. The lowest BCUT2D eigenvalue weighted by atomic mass is 10.2. The molecule has 0 saturated carbocycles. The Kier molecular flexibility index (Phi) is 3.91. The van der Waals surface area contributed by atoms with E-state index in [-0.39, 0.29) is 10.8 Å². The molecule has 1 aromatic heterocycles. The molecule has 2 aromatic carbocycles. The first-order valence-electron chi connectivity index (χ1n) is 6.81. The third kappa shape index (κ3) is 3.40. The molecule has 23 heavy (non-hydrogen) atoms. The standard InChI is InChI=1S/C16H14N2O3S2/c1-10-17-14-9-12(6-7-15(14)22-10)18-16(19)11-4-3-5-13(8-11)23(2,20)21/h3-9H,1-2H3,(H,18,19). The summed E-state index contributed by atoms with van der Waals surface area (Å²) < 4.78 is 24.2. The average molecular weight is 346 g/mol. The molecule has 1 amide bonds. The van der Waals surface area contributed by atoms with Crippen molar-refractivity contribution in [3.63, 3.8) is 0 Å². The lowest BCUT2D eigenvalue weighted by Crippen LogP contribution is -2.12. The number of anilines is 1. The molecule has 0 radical (unpaired) electrons. The SMILES string of the molecule is Cc1nc2cc(NC(=O)c3cccc(S(C)(=O)=O)c3)ccc2s1. The van der Waals surface area contributed by atoms with E-state index in [1.165, 1.54) is 12.1 Å². The zero-order valence-corrected chi connectivity index (χ0v) is 14.2. The molecule has 0 aliphatic carbocycles. The molecule has 0 aliphatic rings. The van der Waals surface area contributed by atoms with Crippen LogP contribution in [0.15, 0.2) is 47.4 Å². The van der Waals surface area contributed by atoms with Gasteiger partial charge in [-0.25, -0.2) is 13.4 Å². The highest BCUT2D eigenvalue weighted by molar-refractivity contribution is 7.90. The van der Waals surface area contributed by atoms with Crippen LogP contribution in [0.2, 0.25) is 0 Å². The minimum absolute atomic E-state index is 0.121. The number of fused-ring (bicyclic) bond motifs is 1. The molecule has 3 rings (SSSR count). The van der Waals surface area contributed by atoms with Crippen LogP contribution in [0.1, 0.15) is 15.4 Å². The van der Waals surface area contributed by atoms with Gasteiger partial charge in [-0.05, 0) is 43.3 Å². The second-order valence-electron chi connectivity index (χ2n) is 5.17. The molecular formula is C16H14N2O3S2. The van der Waals surface area contributed by atoms with E-state index < -0.39 is 9.84 Å².